The van der Waals surface area contributed by atoms with Crippen LogP contribution in [0.1, 0.15) is 23.2 Å². The van der Waals surface area contributed by atoms with Gasteiger partial charge in [-0.2, -0.15) is 0 Å². The third-order valence-electron chi connectivity index (χ3n) is 4.83. The Morgan fingerprint density at radius 1 is 1.33 bits per heavy atom. The molecule has 1 aromatic carbocycles. The molecule has 2 aromatic rings. The lowest BCUT2D eigenvalue weighted by Crippen LogP contribution is -2.57. The first-order valence-electron chi connectivity index (χ1n) is 8.35. The van der Waals surface area contributed by atoms with Crippen molar-refractivity contribution in [2.24, 2.45) is 0 Å². The number of aromatic nitrogens is 1. The number of amides is 2. The van der Waals surface area contributed by atoms with Crippen molar-refractivity contribution in [3.8, 4) is 0 Å². The second-order valence-corrected chi connectivity index (χ2v) is 7.23. The van der Waals surface area contributed by atoms with Crippen molar-refractivity contribution in [3.63, 3.8) is 0 Å². The van der Waals surface area contributed by atoms with E-state index in [4.69, 9.17) is 0 Å². The van der Waals surface area contributed by atoms with Crippen LogP contribution in [0.4, 0.5) is 0 Å². The molecule has 1 atom stereocenters. The maximum absolute atomic E-state index is 12.9. The summed E-state index contributed by atoms with van der Waals surface area (Å²) in [5.74, 6) is 0.198. The zero-order valence-corrected chi connectivity index (χ0v) is 14.2. The van der Waals surface area contributed by atoms with E-state index < -0.39 is 0 Å². The van der Waals surface area contributed by atoms with Crippen molar-refractivity contribution in [1.82, 2.24) is 20.1 Å². The molecule has 3 heterocycles. The van der Waals surface area contributed by atoms with Gasteiger partial charge in [-0.1, -0.05) is 0 Å². The third-order valence-corrected chi connectivity index (χ3v) is 5.62. The highest BCUT2D eigenvalue weighted by Gasteiger charge is 2.31. The number of nitrogens with one attached hydrogen (secondary N) is 1. The molecule has 7 heteroatoms. The highest BCUT2D eigenvalue weighted by atomic mass is 32.1. The normalized spacial score (nSPS) is 22.2. The molecule has 0 bridgehead atoms. The molecule has 2 aliphatic rings. The molecular formula is C17H20N4O2S. The van der Waals surface area contributed by atoms with E-state index >= 15 is 0 Å². The lowest BCUT2D eigenvalue weighted by Gasteiger charge is -2.41. The van der Waals surface area contributed by atoms with E-state index in [9.17, 15) is 9.59 Å². The lowest BCUT2D eigenvalue weighted by molar-refractivity contribution is -0.135. The Hall–Kier alpha value is -1.99. The van der Waals surface area contributed by atoms with Gasteiger partial charge in [0.2, 0.25) is 5.91 Å². The number of benzene rings is 1. The molecule has 1 N–H and O–H groups in total. The van der Waals surface area contributed by atoms with Gasteiger partial charge >= 0.3 is 0 Å². The second-order valence-electron chi connectivity index (χ2n) is 6.35. The fourth-order valence-corrected chi connectivity index (χ4v) is 4.29. The van der Waals surface area contributed by atoms with Gasteiger partial charge in [0.25, 0.3) is 5.91 Å². The number of carbonyl (C=O) groups excluding carboxylic acids is 2. The SMILES string of the molecule is O=C(c1ccc2ncsc2c1)N1CCCC(N2CCNCC2=O)C1. The Bertz CT molecular complexity index is 775. The van der Waals surface area contributed by atoms with Crippen molar-refractivity contribution in [2.75, 3.05) is 32.7 Å². The molecule has 6 nitrogen and oxygen atoms in total. The van der Waals surface area contributed by atoms with E-state index in [0.717, 1.165) is 42.7 Å². The van der Waals surface area contributed by atoms with Gasteiger partial charge in [0.15, 0.2) is 0 Å². The number of rotatable bonds is 2. The van der Waals surface area contributed by atoms with Crippen molar-refractivity contribution in [3.05, 3.63) is 29.3 Å². The maximum Gasteiger partial charge on any atom is 0.253 e. The second kappa shape index (κ2) is 6.49. The Balaban J connectivity index is 1.50. The van der Waals surface area contributed by atoms with Crippen LogP contribution in [0.2, 0.25) is 0 Å². The summed E-state index contributed by atoms with van der Waals surface area (Å²) in [5, 5.41) is 3.10. The van der Waals surface area contributed by atoms with Gasteiger partial charge in [-0.25, -0.2) is 4.98 Å². The molecule has 4 rings (SSSR count). The van der Waals surface area contributed by atoms with Crippen molar-refractivity contribution in [2.45, 2.75) is 18.9 Å². The topological polar surface area (TPSA) is 65.5 Å². The van der Waals surface area contributed by atoms with Gasteiger partial charge in [0.05, 0.1) is 22.3 Å². The molecule has 1 aromatic heterocycles. The Labute approximate surface area is 144 Å². The molecular weight excluding hydrogens is 324 g/mol. The van der Waals surface area contributed by atoms with Crippen molar-refractivity contribution < 1.29 is 9.59 Å². The van der Waals surface area contributed by atoms with E-state index in [1.807, 2.05) is 28.0 Å². The summed E-state index contributed by atoms with van der Waals surface area (Å²) in [5.41, 5.74) is 3.43. The molecule has 2 fully saturated rings. The van der Waals surface area contributed by atoms with Crippen LogP contribution in [-0.2, 0) is 4.79 Å². The summed E-state index contributed by atoms with van der Waals surface area (Å²) in [4.78, 5) is 33.1. The number of likely N-dealkylation sites (tertiary alicyclic amines) is 1. The average Bonchev–Trinajstić information content (AvgIpc) is 3.09. The molecule has 1 unspecified atom stereocenters. The van der Waals surface area contributed by atoms with Crippen LogP contribution in [0, 0.1) is 0 Å². The quantitative estimate of drug-likeness (QED) is 0.893. The van der Waals surface area contributed by atoms with E-state index in [2.05, 4.69) is 10.3 Å². The molecule has 0 saturated carbocycles. The number of carbonyl (C=O) groups is 2. The Morgan fingerprint density at radius 3 is 3.12 bits per heavy atom. The van der Waals surface area contributed by atoms with Crippen molar-refractivity contribution >= 4 is 33.4 Å². The number of thiazole rings is 1. The minimum atomic E-state index is 0.0533. The van der Waals surface area contributed by atoms with Gasteiger partial charge in [0.1, 0.15) is 0 Å². The summed E-state index contributed by atoms with van der Waals surface area (Å²) in [6.07, 6.45) is 1.92. The first kappa shape index (κ1) is 15.5. The minimum absolute atomic E-state index is 0.0533. The summed E-state index contributed by atoms with van der Waals surface area (Å²) >= 11 is 1.55. The maximum atomic E-state index is 12.9. The van der Waals surface area contributed by atoms with Crippen LogP contribution in [0.3, 0.4) is 0 Å². The van der Waals surface area contributed by atoms with Crippen LogP contribution >= 0.6 is 11.3 Å². The molecule has 0 radical (unpaired) electrons. The molecule has 24 heavy (non-hydrogen) atoms. The molecule has 2 amide bonds. The molecule has 2 aliphatic heterocycles. The number of hydrogen-bond donors (Lipinski definition) is 1. The predicted octanol–water partition coefficient (Wildman–Crippen LogP) is 1.33. The number of nitrogens with zero attached hydrogens (tertiary/aromatic N) is 3. The summed E-state index contributed by atoms with van der Waals surface area (Å²) in [7, 11) is 0. The first-order valence-corrected chi connectivity index (χ1v) is 9.23. The summed E-state index contributed by atoms with van der Waals surface area (Å²) in [6.45, 7) is 3.37. The third kappa shape index (κ3) is 2.89. The average molecular weight is 344 g/mol. The van der Waals surface area contributed by atoms with E-state index in [1.165, 1.54) is 0 Å². The van der Waals surface area contributed by atoms with Crippen LogP contribution < -0.4 is 5.32 Å². The first-order chi connectivity index (χ1) is 11.7. The monoisotopic (exact) mass is 344 g/mol. The van der Waals surface area contributed by atoms with Gasteiger partial charge in [-0.05, 0) is 31.0 Å². The van der Waals surface area contributed by atoms with E-state index in [0.29, 0.717) is 18.7 Å². The predicted molar refractivity (Wildman–Crippen MR) is 93.1 cm³/mol. The zero-order chi connectivity index (χ0) is 16.5. The van der Waals surface area contributed by atoms with Crippen molar-refractivity contribution in [1.29, 1.82) is 0 Å². The smallest absolute Gasteiger partial charge is 0.253 e. The Kier molecular flexibility index (Phi) is 4.20. The molecule has 126 valence electrons. The van der Waals surface area contributed by atoms with E-state index in [1.54, 1.807) is 16.8 Å². The molecule has 2 saturated heterocycles. The largest absolute Gasteiger partial charge is 0.337 e. The lowest BCUT2D eigenvalue weighted by atomic mass is 10.0. The molecule has 0 spiro atoms. The number of piperazine rings is 1. The Morgan fingerprint density at radius 2 is 2.25 bits per heavy atom. The molecule has 0 aliphatic carbocycles. The highest BCUT2D eigenvalue weighted by molar-refractivity contribution is 7.16. The summed E-state index contributed by atoms with van der Waals surface area (Å²) in [6, 6.07) is 5.82. The fourth-order valence-electron chi connectivity index (χ4n) is 3.57. The highest BCUT2D eigenvalue weighted by Crippen LogP contribution is 2.22. The standard InChI is InChI=1S/C17H20N4O2S/c22-16-9-18-5-7-21(16)13-2-1-6-20(10-13)17(23)12-3-4-14-15(8-12)24-11-19-14/h3-4,8,11,13,18H,1-2,5-7,9-10H2. The summed E-state index contributed by atoms with van der Waals surface area (Å²) < 4.78 is 1.03. The number of fused-ring (bicyclic) bond motifs is 1. The fraction of sp³-hybridized carbons (Fsp3) is 0.471. The van der Waals surface area contributed by atoms with E-state index in [-0.39, 0.29) is 17.9 Å². The minimum Gasteiger partial charge on any atom is -0.337 e. The van der Waals surface area contributed by atoms with Crippen LogP contribution in [0.5, 0.6) is 0 Å². The van der Waals surface area contributed by atoms with Gasteiger partial charge in [-0.3, -0.25) is 9.59 Å². The number of hydrogen-bond acceptors (Lipinski definition) is 5. The van der Waals surface area contributed by atoms with Crippen LogP contribution in [-0.4, -0.2) is 65.4 Å². The van der Waals surface area contributed by atoms with Gasteiger partial charge in [0, 0.05) is 37.8 Å². The van der Waals surface area contributed by atoms with Crippen LogP contribution in [0.25, 0.3) is 10.2 Å². The van der Waals surface area contributed by atoms with Gasteiger partial charge in [-0.15, -0.1) is 11.3 Å². The van der Waals surface area contributed by atoms with Crippen LogP contribution in [0.15, 0.2) is 23.7 Å². The number of piperidine rings is 1. The van der Waals surface area contributed by atoms with Gasteiger partial charge < -0.3 is 15.1 Å². The zero-order valence-electron chi connectivity index (χ0n) is 13.4.